The number of nitrogens with two attached hydrogens (primary N) is 1. The average Bonchev–Trinajstić information content (AvgIpc) is 2.90. The van der Waals surface area contributed by atoms with E-state index < -0.39 is 6.23 Å². The fraction of sp³-hybridized carbons (Fsp3) is 0.364. The van der Waals surface area contributed by atoms with E-state index in [-0.39, 0.29) is 17.2 Å². The van der Waals surface area contributed by atoms with Crippen LogP contribution in [0.25, 0.3) is 0 Å². The lowest BCUT2D eigenvalue weighted by atomic mass is 9.93. The van der Waals surface area contributed by atoms with Gasteiger partial charge in [0, 0.05) is 5.69 Å². The second-order valence-corrected chi connectivity index (χ2v) is 4.33. The molecule has 1 aromatic carbocycles. The van der Waals surface area contributed by atoms with E-state index in [9.17, 15) is 9.90 Å². The lowest BCUT2D eigenvalue weighted by molar-refractivity contribution is -0.122. The van der Waals surface area contributed by atoms with Gasteiger partial charge >= 0.3 is 0 Å². The summed E-state index contributed by atoms with van der Waals surface area (Å²) in [5.41, 5.74) is 6.90. The number of rotatable bonds is 1. The smallest absolute Gasteiger partial charge is 0.226 e. The van der Waals surface area contributed by atoms with E-state index >= 15 is 0 Å². The summed E-state index contributed by atoms with van der Waals surface area (Å²) in [5, 5.41) is 12.4. The number of carbonyl (C=O) groups excluding carboxylic acids is 1. The number of aliphatic hydroxyl groups is 1. The van der Waals surface area contributed by atoms with Gasteiger partial charge in [0.1, 0.15) is 6.23 Å². The predicted octanol–water partition coefficient (Wildman–Crippen LogP) is -0.0253. The second kappa shape index (κ2) is 2.52. The van der Waals surface area contributed by atoms with Crippen LogP contribution in [0, 0.1) is 5.92 Å². The van der Waals surface area contributed by atoms with Crippen LogP contribution in [0.3, 0.4) is 0 Å². The molecule has 15 heavy (non-hydrogen) atoms. The molecule has 0 aromatic heterocycles. The normalized spacial score (nSPS) is 37.3. The van der Waals surface area contributed by atoms with Crippen LogP contribution in [0.5, 0.6) is 0 Å². The number of carbonyl (C=O) groups is 1. The molecule has 1 aromatic rings. The Hall–Kier alpha value is -1.55. The number of hydrogen-bond acceptors (Lipinski definition) is 3. The van der Waals surface area contributed by atoms with Gasteiger partial charge < -0.3 is 16.2 Å². The number of fused-ring (bicyclic) bond motifs is 1. The van der Waals surface area contributed by atoms with Crippen LogP contribution in [0.2, 0.25) is 0 Å². The number of amides is 1. The monoisotopic (exact) mass is 204 g/mol. The van der Waals surface area contributed by atoms with E-state index in [2.05, 4.69) is 5.32 Å². The summed E-state index contributed by atoms with van der Waals surface area (Å²) in [5.74, 6) is -0.101. The highest BCUT2D eigenvalue weighted by atomic mass is 16.3. The minimum atomic E-state index is -0.751. The highest BCUT2D eigenvalue weighted by Gasteiger charge is 2.68. The zero-order valence-corrected chi connectivity index (χ0v) is 8.10. The van der Waals surface area contributed by atoms with Crippen molar-refractivity contribution in [2.45, 2.75) is 18.1 Å². The van der Waals surface area contributed by atoms with E-state index in [1.807, 2.05) is 12.1 Å². The molecule has 78 valence electrons. The SMILES string of the molecule is Nc1ccc(C23CC2C(=O)NC3O)cc1. The van der Waals surface area contributed by atoms with Crippen LogP contribution in [-0.2, 0) is 10.2 Å². The van der Waals surface area contributed by atoms with Crippen molar-refractivity contribution >= 4 is 11.6 Å². The van der Waals surface area contributed by atoms with E-state index in [0.29, 0.717) is 5.69 Å². The van der Waals surface area contributed by atoms with Gasteiger partial charge in [-0.05, 0) is 24.1 Å². The first-order valence-corrected chi connectivity index (χ1v) is 4.99. The molecule has 3 unspecified atom stereocenters. The summed E-state index contributed by atoms with van der Waals surface area (Å²) in [4.78, 5) is 11.4. The standard InChI is InChI=1S/C11H12N2O2/c12-7-3-1-6(2-4-7)11-5-8(11)9(14)13-10(11)15/h1-4,8,10,15H,5,12H2,(H,13,14). The molecular formula is C11H12N2O2. The van der Waals surface area contributed by atoms with Gasteiger partial charge in [0.2, 0.25) is 5.91 Å². The second-order valence-electron chi connectivity index (χ2n) is 4.33. The van der Waals surface area contributed by atoms with Gasteiger partial charge in [-0.2, -0.15) is 0 Å². The summed E-state index contributed by atoms with van der Waals surface area (Å²) in [6.07, 6.45) is -0.0113. The van der Waals surface area contributed by atoms with Crippen molar-refractivity contribution in [2.75, 3.05) is 5.73 Å². The maximum absolute atomic E-state index is 11.4. The molecule has 1 aliphatic carbocycles. The average molecular weight is 204 g/mol. The molecule has 3 atom stereocenters. The molecule has 1 amide bonds. The lowest BCUT2D eigenvalue weighted by Crippen LogP contribution is -2.35. The molecule has 1 saturated carbocycles. The molecule has 1 aliphatic heterocycles. The fourth-order valence-corrected chi connectivity index (χ4v) is 2.54. The highest BCUT2D eigenvalue weighted by molar-refractivity contribution is 5.88. The van der Waals surface area contributed by atoms with Gasteiger partial charge in [-0.3, -0.25) is 4.79 Å². The van der Waals surface area contributed by atoms with Gasteiger partial charge in [-0.15, -0.1) is 0 Å². The molecule has 0 radical (unpaired) electrons. The Morgan fingerprint density at radius 2 is 2.07 bits per heavy atom. The first-order chi connectivity index (χ1) is 7.14. The molecule has 2 fully saturated rings. The van der Waals surface area contributed by atoms with Crippen LogP contribution >= 0.6 is 0 Å². The Bertz CT molecular complexity index is 429. The van der Waals surface area contributed by atoms with Crippen molar-refractivity contribution in [3.63, 3.8) is 0 Å². The molecule has 3 rings (SSSR count). The minimum absolute atomic E-state index is 0.0423. The summed E-state index contributed by atoms with van der Waals surface area (Å²) in [6.45, 7) is 0. The van der Waals surface area contributed by atoms with Crippen LogP contribution in [0.1, 0.15) is 12.0 Å². The Morgan fingerprint density at radius 1 is 1.40 bits per heavy atom. The topological polar surface area (TPSA) is 75.4 Å². The van der Waals surface area contributed by atoms with Crippen LogP contribution in [0.4, 0.5) is 5.69 Å². The van der Waals surface area contributed by atoms with Crippen molar-refractivity contribution in [3.05, 3.63) is 29.8 Å². The lowest BCUT2D eigenvalue weighted by Gasteiger charge is -2.18. The summed E-state index contributed by atoms with van der Waals surface area (Å²) in [7, 11) is 0. The molecule has 2 aliphatic rings. The Balaban J connectivity index is 2.02. The van der Waals surface area contributed by atoms with E-state index in [1.165, 1.54) is 0 Å². The number of piperidine rings is 1. The van der Waals surface area contributed by atoms with Gasteiger partial charge in [0.05, 0.1) is 11.3 Å². The first kappa shape index (κ1) is 8.73. The fourth-order valence-electron chi connectivity index (χ4n) is 2.54. The molecular weight excluding hydrogens is 192 g/mol. The van der Waals surface area contributed by atoms with Crippen molar-refractivity contribution in [1.29, 1.82) is 0 Å². The third-order valence-corrected chi connectivity index (χ3v) is 3.54. The number of anilines is 1. The van der Waals surface area contributed by atoms with E-state index in [4.69, 9.17) is 5.73 Å². The van der Waals surface area contributed by atoms with Crippen molar-refractivity contribution in [2.24, 2.45) is 5.92 Å². The molecule has 4 heteroatoms. The number of nitrogens with one attached hydrogen (secondary N) is 1. The first-order valence-electron chi connectivity index (χ1n) is 4.99. The minimum Gasteiger partial charge on any atom is -0.399 e. The van der Waals surface area contributed by atoms with Gasteiger partial charge in [0.25, 0.3) is 0 Å². The van der Waals surface area contributed by atoms with Crippen molar-refractivity contribution < 1.29 is 9.90 Å². The summed E-state index contributed by atoms with van der Waals surface area (Å²) < 4.78 is 0. The molecule has 0 spiro atoms. The third kappa shape index (κ3) is 0.969. The van der Waals surface area contributed by atoms with Crippen LogP contribution in [-0.4, -0.2) is 17.2 Å². The Labute approximate surface area is 87.1 Å². The molecule has 1 heterocycles. The Kier molecular flexibility index (Phi) is 1.47. The maximum atomic E-state index is 11.4. The number of aliphatic hydroxyl groups excluding tert-OH is 1. The van der Waals surface area contributed by atoms with Crippen LogP contribution < -0.4 is 11.1 Å². The number of nitrogen functional groups attached to an aromatic ring is 1. The molecule has 1 saturated heterocycles. The zero-order chi connectivity index (χ0) is 10.6. The molecule has 0 bridgehead atoms. The van der Waals surface area contributed by atoms with Gasteiger partial charge in [-0.25, -0.2) is 0 Å². The number of hydrogen-bond donors (Lipinski definition) is 3. The quantitative estimate of drug-likeness (QED) is 0.562. The van der Waals surface area contributed by atoms with E-state index in [0.717, 1.165) is 12.0 Å². The Morgan fingerprint density at radius 3 is 2.53 bits per heavy atom. The van der Waals surface area contributed by atoms with E-state index in [1.54, 1.807) is 12.1 Å². The summed E-state index contributed by atoms with van der Waals surface area (Å²) in [6, 6.07) is 7.38. The third-order valence-electron chi connectivity index (χ3n) is 3.54. The number of benzene rings is 1. The van der Waals surface area contributed by atoms with Crippen molar-refractivity contribution in [3.8, 4) is 0 Å². The zero-order valence-electron chi connectivity index (χ0n) is 8.10. The maximum Gasteiger partial charge on any atom is 0.226 e. The predicted molar refractivity (Wildman–Crippen MR) is 54.8 cm³/mol. The molecule has 4 N–H and O–H groups in total. The molecule has 4 nitrogen and oxygen atoms in total. The van der Waals surface area contributed by atoms with Gasteiger partial charge in [0.15, 0.2) is 0 Å². The highest BCUT2D eigenvalue weighted by Crippen LogP contribution is 2.59. The largest absolute Gasteiger partial charge is 0.399 e. The van der Waals surface area contributed by atoms with Crippen molar-refractivity contribution in [1.82, 2.24) is 5.32 Å². The van der Waals surface area contributed by atoms with Gasteiger partial charge in [-0.1, -0.05) is 12.1 Å². The summed E-state index contributed by atoms with van der Waals surface area (Å²) >= 11 is 0. The van der Waals surface area contributed by atoms with Crippen LogP contribution in [0.15, 0.2) is 24.3 Å².